The molecule has 3 aliphatic carbocycles. The fourth-order valence-electron chi connectivity index (χ4n) is 7.94. The van der Waals surface area contributed by atoms with Crippen molar-refractivity contribution in [3.63, 3.8) is 0 Å². The van der Waals surface area contributed by atoms with Crippen molar-refractivity contribution in [3.8, 4) is 0 Å². The molecule has 0 aromatic rings. The lowest BCUT2D eigenvalue weighted by atomic mass is 9.39. The van der Waals surface area contributed by atoms with Crippen molar-refractivity contribution in [2.45, 2.75) is 64.3 Å². The number of ketones is 2. The Kier molecular flexibility index (Phi) is 4.81. The van der Waals surface area contributed by atoms with Gasteiger partial charge in [0.1, 0.15) is 22.7 Å². The second-order valence-corrected chi connectivity index (χ2v) is 11.0. The summed E-state index contributed by atoms with van der Waals surface area (Å²) in [4.78, 5) is 28.7. The van der Waals surface area contributed by atoms with Gasteiger partial charge in [0, 0.05) is 23.0 Å². The Morgan fingerprint density at radius 2 is 1.03 bits per heavy atom. The van der Waals surface area contributed by atoms with E-state index >= 15 is 0 Å². The quantitative estimate of drug-likeness (QED) is 0.265. The summed E-state index contributed by atoms with van der Waals surface area (Å²) in [5.41, 5.74) is -7.52. The van der Waals surface area contributed by atoms with Crippen molar-refractivity contribution in [2.75, 3.05) is 0 Å². The van der Waals surface area contributed by atoms with Crippen LogP contribution in [0.5, 0.6) is 0 Å². The van der Waals surface area contributed by atoms with Crippen molar-refractivity contribution < 1.29 is 39.5 Å². The Morgan fingerprint density at radius 1 is 0.694 bits per heavy atom. The Balaban J connectivity index is 1.93. The second-order valence-electron chi connectivity index (χ2n) is 11.0. The van der Waals surface area contributed by atoms with Crippen LogP contribution < -0.4 is 0 Å². The first-order chi connectivity index (χ1) is 16.7. The molecule has 0 aromatic carbocycles. The molecule has 8 atom stereocenters. The molecule has 2 aliphatic heterocycles. The van der Waals surface area contributed by atoms with Gasteiger partial charge in [-0.2, -0.15) is 0 Å². The minimum absolute atomic E-state index is 0.113. The smallest absolute Gasteiger partial charge is 0.210 e. The highest BCUT2D eigenvalue weighted by molar-refractivity contribution is 6.13. The van der Waals surface area contributed by atoms with Gasteiger partial charge in [-0.15, -0.1) is 0 Å². The summed E-state index contributed by atoms with van der Waals surface area (Å²) < 4.78 is 12.5. The maximum Gasteiger partial charge on any atom is 0.210 e. The summed E-state index contributed by atoms with van der Waals surface area (Å²) in [6, 6.07) is 0. The van der Waals surface area contributed by atoms with E-state index in [9.17, 15) is 30.0 Å². The van der Waals surface area contributed by atoms with Gasteiger partial charge in [0.2, 0.25) is 11.6 Å². The van der Waals surface area contributed by atoms with Crippen molar-refractivity contribution >= 4 is 11.6 Å². The molecule has 3 unspecified atom stereocenters. The molecule has 36 heavy (non-hydrogen) atoms. The number of ether oxygens (including phenoxy) is 2. The standard InChI is InChI=1S/C28H32O8/c1-7-9-11-13-15(29)17-19-23(3)22(32)18(16(30)14-12-10-8-2)20-24(4,21(17)31)28(34)25(19,5)35-27(23,33)26(20,6)36-28/h7-14,19-20,29-30,33-34H,1-6H3/b9-7+,10-8+,13-11+,14-12+,17-15+,18-16?/t19?,20?,23?,24-,25-,26-,27+,28+/m0/s1. The topological polar surface area (TPSA) is 134 Å². The SMILES string of the molecule is C/C=C/C=C/C(O)=C1C(=O)C2(C)C3/C(=C(O)/C=C/C=C/C)C(=O)[C@]4(C)C1[C@]1(C)O[C@@]4(O)[C@@]3(C)O[C@]21O. The zero-order chi connectivity index (χ0) is 26.7. The van der Waals surface area contributed by atoms with Crippen LogP contribution in [0, 0.1) is 22.7 Å². The molecule has 5 aliphatic rings. The number of Topliss-reactive ketones (excluding diaryl/α,β-unsaturated/α-hetero) is 2. The van der Waals surface area contributed by atoms with E-state index in [0.29, 0.717) is 0 Å². The van der Waals surface area contributed by atoms with Gasteiger partial charge in [-0.05, 0) is 53.7 Å². The molecule has 192 valence electrons. The van der Waals surface area contributed by atoms with Crippen molar-refractivity contribution in [2.24, 2.45) is 22.7 Å². The lowest BCUT2D eigenvalue weighted by molar-refractivity contribution is -0.450. The van der Waals surface area contributed by atoms with Gasteiger partial charge in [-0.25, -0.2) is 0 Å². The predicted molar refractivity (Wildman–Crippen MR) is 129 cm³/mol. The summed E-state index contributed by atoms with van der Waals surface area (Å²) >= 11 is 0. The van der Waals surface area contributed by atoms with Gasteiger partial charge in [0.05, 0.1) is 10.8 Å². The third-order valence-corrected chi connectivity index (χ3v) is 9.41. The van der Waals surface area contributed by atoms with E-state index in [1.807, 2.05) is 0 Å². The van der Waals surface area contributed by atoms with E-state index in [4.69, 9.17) is 9.47 Å². The lowest BCUT2D eigenvalue weighted by Gasteiger charge is -2.58. The molecule has 8 nitrogen and oxygen atoms in total. The largest absolute Gasteiger partial charge is 0.508 e. The average Bonchev–Trinajstić information content (AvgIpc) is 3.12. The predicted octanol–water partition coefficient (Wildman–Crippen LogP) is 3.25. The normalized spacial score (nSPS) is 51.8. The highest BCUT2D eigenvalue weighted by atomic mass is 16.8. The first-order valence-corrected chi connectivity index (χ1v) is 12.1. The average molecular weight is 497 g/mol. The Morgan fingerprint density at radius 3 is 1.33 bits per heavy atom. The van der Waals surface area contributed by atoms with Gasteiger partial charge in [0.15, 0.2) is 11.6 Å². The summed E-state index contributed by atoms with van der Waals surface area (Å²) in [5, 5.41) is 46.6. The van der Waals surface area contributed by atoms with E-state index in [1.54, 1.807) is 50.3 Å². The van der Waals surface area contributed by atoms with Crippen LogP contribution in [0.3, 0.4) is 0 Å². The Bertz CT molecular complexity index is 1190. The minimum Gasteiger partial charge on any atom is -0.508 e. The summed E-state index contributed by atoms with van der Waals surface area (Å²) in [5.74, 6) is -9.12. The van der Waals surface area contributed by atoms with Gasteiger partial charge in [-0.1, -0.05) is 36.5 Å². The zero-order valence-corrected chi connectivity index (χ0v) is 21.2. The molecule has 2 saturated heterocycles. The summed E-state index contributed by atoms with van der Waals surface area (Å²) in [7, 11) is 0. The van der Waals surface area contributed by atoms with Crippen LogP contribution in [0.15, 0.2) is 71.3 Å². The van der Waals surface area contributed by atoms with Crippen LogP contribution in [0.4, 0.5) is 0 Å². The van der Waals surface area contributed by atoms with Crippen LogP contribution in [0.1, 0.15) is 41.5 Å². The molecule has 0 aromatic heterocycles. The molecule has 4 N–H and O–H groups in total. The number of carbonyl (C=O) groups is 2. The lowest BCUT2D eigenvalue weighted by Crippen LogP contribution is -2.74. The third kappa shape index (κ3) is 2.15. The molecule has 8 bridgehead atoms. The van der Waals surface area contributed by atoms with Crippen LogP contribution in [-0.4, -0.2) is 54.8 Å². The third-order valence-electron chi connectivity index (χ3n) is 9.41. The monoisotopic (exact) mass is 496 g/mol. The Hall–Kier alpha value is -2.78. The van der Waals surface area contributed by atoms with E-state index < -0.39 is 57.0 Å². The van der Waals surface area contributed by atoms with Crippen LogP contribution >= 0.6 is 0 Å². The maximum atomic E-state index is 14.3. The van der Waals surface area contributed by atoms with Crippen molar-refractivity contribution in [1.29, 1.82) is 0 Å². The summed E-state index contributed by atoms with van der Waals surface area (Å²) in [6.07, 6.45) is 12.6. The molecular weight excluding hydrogens is 464 g/mol. The van der Waals surface area contributed by atoms with E-state index in [0.717, 1.165) is 0 Å². The highest BCUT2D eigenvalue weighted by Gasteiger charge is 2.99. The van der Waals surface area contributed by atoms with Crippen LogP contribution in [0.25, 0.3) is 0 Å². The van der Waals surface area contributed by atoms with Crippen LogP contribution in [-0.2, 0) is 19.1 Å². The fourth-order valence-corrected chi connectivity index (χ4v) is 7.94. The first-order valence-electron chi connectivity index (χ1n) is 12.1. The molecule has 0 radical (unpaired) electrons. The number of aliphatic hydroxyl groups excluding tert-OH is 2. The van der Waals surface area contributed by atoms with Crippen molar-refractivity contribution in [3.05, 3.63) is 71.3 Å². The van der Waals surface area contributed by atoms with E-state index in [-0.39, 0.29) is 22.7 Å². The number of aliphatic hydroxyl groups is 4. The molecular formula is C28H32O8. The molecule has 5 rings (SSSR count). The highest BCUT2D eigenvalue weighted by Crippen LogP contribution is 2.83. The van der Waals surface area contributed by atoms with Gasteiger partial charge in [0.25, 0.3) is 0 Å². The first kappa shape index (κ1) is 24.9. The molecule has 5 fully saturated rings. The molecule has 3 saturated carbocycles. The fraction of sp³-hybridized carbons (Fsp3) is 0.500. The van der Waals surface area contributed by atoms with E-state index in [1.165, 1.54) is 39.8 Å². The molecule has 0 amide bonds. The number of allylic oxidation sites excluding steroid dienone is 8. The molecule has 8 heteroatoms. The van der Waals surface area contributed by atoms with Gasteiger partial charge >= 0.3 is 0 Å². The molecule has 2 heterocycles. The van der Waals surface area contributed by atoms with Crippen molar-refractivity contribution in [1.82, 2.24) is 0 Å². The second kappa shape index (κ2) is 6.95. The number of hydrogen-bond donors (Lipinski definition) is 4. The summed E-state index contributed by atoms with van der Waals surface area (Å²) in [6.45, 7) is 9.48. The van der Waals surface area contributed by atoms with Gasteiger partial charge < -0.3 is 29.9 Å². The van der Waals surface area contributed by atoms with E-state index in [2.05, 4.69) is 0 Å². The van der Waals surface area contributed by atoms with Crippen LogP contribution in [0.2, 0.25) is 0 Å². The molecule has 0 spiro atoms. The number of rotatable bonds is 4. The number of carbonyl (C=O) groups excluding carboxylic acids is 2. The zero-order valence-electron chi connectivity index (χ0n) is 21.2. The van der Waals surface area contributed by atoms with Gasteiger partial charge in [-0.3, -0.25) is 9.59 Å². The maximum absolute atomic E-state index is 14.3. The number of hydrogen-bond acceptors (Lipinski definition) is 8. The Labute approximate surface area is 209 Å². The minimum atomic E-state index is -2.26.